The summed E-state index contributed by atoms with van der Waals surface area (Å²) in [4.78, 5) is 31.1. The van der Waals surface area contributed by atoms with Crippen molar-refractivity contribution in [3.8, 4) is 0 Å². The van der Waals surface area contributed by atoms with E-state index in [-0.39, 0.29) is 17.9 Å². The van der Waals surface area contributed by atoms with E-state index < -0.39 is 0 Å². The van der Waals surface area contributed by atoms with Crippen molar-refractivity contribution in [3.05, 3.63) is 0 Å². The third-order valence-electron chi connectivity index (χ3n) is 5.78. The van der Waals surface area contributed by atoms with Crippen molar-refractivity contribution < 1.29 is 14.3 Å². The third kappa shape index (κ3) is 6.21. The summed E-state index contributed by atoms with van der Waals surface area (Å²) in [5, 5.41) is 2.85. The highest BCUT2D eigenvalue weighted by Gasteiger charge is 2.31. The second-order valence-electron chi connectivity index (χ2n) is 7.57. The van der Waals surface area contributed by atoms with Crippen LogP contribution in [0.4, 0.5) is 0 Å². The van der Waals surface area contributed by atoms with Gasteiger partial charge in [-0.1, -0.05) is 19.3 Å². The molecule has 0 radical (unpaired) electrons. The van der Waals surface area contributed by atoms with Gasteiger partial charge in [0.05, 0.1) is 19.2 Å². The summed E-state index contributed by atoms with van der Waals surface area (Å²) in [6, 6.07) is 0.329. The van der Waals surface area contributed by atoms with Crippen LogP contribution in [0, 0.1) is 0 Å². The Bertz CT molecular complexity index is 446. The lowest BCUT2D eigenvalue weighted by Crippen LogP contribution is -2.56. The molecule has 0 spiro atoms. The lowest BCUT2D eigenvalue weighted by Gasteiger charge is -2.40. The molecule has 0 aromatic heterocycles. The normalized spacial score (nSPS) is 21.3. The first-order valence-electron chi connectivity index (χ1n) is 10.0. The topological polar surface area (TPSA) is 65.1 Å². The summed E-state index contributed by atoms with van der Waals surface area (Å²) in [7, 11) is 3.59. The van der Waals surface area contributed by atoms with E-state index in [0.717, 1.165) is 39.0 Å². The second-order valence-corrected chi connectivity index (χ2v) is 7.57. The number of piperazine rings is 1. The molecule has 26 heavy (non-hydrogen) atoms. The number of nitrogens with zero attached hydrogens (tertiary/aromatic N) is 3. The summed E-state index contributed by atoms with van der Waals surface area (Å²) < 4.78 is 4.94. The van der Waals surface area contributed by atoms with Gasteiger partial charge in [0.2, 0.25) is 11.8 Å². The summed E-state index contributed by atoms with van der Waals surface area (Å²) >= 11 is 0. The number of carbonyl (C=O) groups is 2. The highest BCUT2D eigenvalue weighted by Crippen LogP contribution is 2.22. The number of methoxy groups -OCH3 is 1. The summed E-state index contributed by atoms with van der Waals surface area (Å²) in [5.41, 5.74) is 0. The van der Waals surface area contributed by atoms with Crippen LogP contribution in [0.15, 0.2) is 0 Å². The van der Waals surface area contributed by atoms with Crippen LogP contribution in [0.3, 0.4) is 0 Å². The first kappa shape index (κ1) is 21.1. The molecular weight excluding hydrogens is 332 g/mol. The molecule has 2 aliphatic rings. The van der Waals surface area contributed by atoms with E-state index >= 15 is 0 Å². The van der Waals surface area contributed by atoms with Crippen LogP contribution < -0.4 is 5.32 Å². The van der Waals surface area contributed by atoms with E-state index in [2.05, 4.69) is 15.1 Å². The number of nitrogens with one attached hydrogen (secondary N) is 1. The molecule has 1 aliphatic carbocycles. The first-order valence-corrected chi connectivity index (χ1v) is 10.0. The molecule has 1 saturated heterocycles. The Morgan fingerprint density at radius 1 is 1.15 bits per heavy atom. The highest BCUT2D eigenvalue weighted by atomic mass is 16.5. The van der Waals surface area contributed by atoms with E-state index in [1.54, 1.807) is 7.11 Å². The summed E-state index contributed by atoms with van der Waals surface area (Å²) in [5.74, 6) is 0.277. The smallest absolute Gasteiger partial charge is 0.239 e. The van der Waals surface area contributed by atoms with Crippen molar-refractivity contribution in [2.24, 2.45) is 0 Å². The molecule has 1 N–H and O–H groups in total. The number of carbonyl (C=O) groups excluding carboxylic acids is 2. The van der Waals surface area contributed by atoms with Gasteiger partial charge in [0.25, 0.3) is 0 Å². The van der Waals surface area contributed by atoms with Crippen LogP contribution in [0.5, 0.6) is 0 Å². The highest BCUT2D eigenvalue weighted by molar-refractivity contribution is 5.81. The molecule has 2 amide bonds. The number of amides is 2. The van der Waals surface area contributed by atoms with Crippen molar-refractivity contribution in [3.63, 3.8) is 0 Å². The lowest BCUT2D eigenvalue weighted by molar-refractivity contribution is -0.139. The quantitative estimate of drug-likeness (QED) is 0.634. The number of hydrogen-bond acceptors (Lipinski definition) is 5. The number of rotatable bonds is 8. The van der Waals surface area contributed by atoms with Crippen LogP contribution in [0.25, 0.3) is 0 Å². The van der Waals surface area contributed by atoms with Crippen LogP contribution in [0.2, 0.25) is 0 Å². The van der Waals surface area contributed by atoms with Gasteiger partial charge in [-0.15, -0.1) is 0 Å². The molecule has 2 fully saturated rings. The minimum Gasteiger partial charge on any atom is -0.383 e. The molecule has 1 atom stereocenters. The second kappa shape index (κ2) is 10.8. The van der Waals surface area contributed by atoms with Crippen molar-refractivity contribution in [1.29, 1.82) is 0 Å². The zero-order valence-corrected chi connectivity index (χ0v) is 16.7. The number of hydrogen-bond donors (Lipinski definition) is 1. The summed E-state index contributed by atoms with van der Waals surface area (Å²) in [6.07, 6.45) is 6.06. The largest absolute Gasteiger partial charge is 0.383 e. The Balaban J connectivity index is 1.72. The molecule has 0 aromatic carbocycles. The summed E-state index contributed by atoms with van der Waals surface area (Å²) in [6.45, 7) is 6.83. The van der Waals surface area contributed by atoms with E-state index in [0.29, 0.717) is 25.7 Å². The number of likely N-dealkylation sites (N-methyl/N-ethyl adjacent to an activating group) is 1. The minimum atomic E-state index is -0.0837. The van der Waals surface area contributed by atoms with Crippen molar-refractivity contribution >= 4 is 11.8 Å². The van der Waals surface area contributed by atoms with Gasteiger partial charge in [-0.2, -0.15) is 0 Å². The lowest BCUT2D eigenvalue weighted by atomic mass is 9.94. The molecule has 0 bridgehead atoms. The van der Waals surface area contributed by atoms with Crippen LogP contribution in [-0.2, 0) is 14.3 Å². The molecule has 150 valence electrons. The van der Waals surface area contributed by atoms with E-state index in [4.69, 9.17) is 4.74 Å². The molecule has 1 saturated carbocycles. The molecule has 7 heteroatoms. The molecule has 7 nitrogen and oxygen atoms in total. The van der Waals surface area contributed by atoms with Gasteiger partial charge in [0.15, 0.2) is 0 Å². The Kier molecular flexibility index (Phi) is 8.81. The fourth-order valence-electron chi connectivity index (χ4n) is 3.96. The standard InChI is InChI=1S/C19H36N4O3/c1-16(19(25)21(2)17-7-5-4-6-8-17)23-12-10-22(11-13-23)15-18(24)20-9-14-26-3/h16-17H,4-15H2,1-3H3,(H,20,24). The maximum Gasteiger partial charge on any atom is 0.239 e. The van der Waals surface area contributed by atoms with Gasteiger partial charge in [0.1, 0.15) is 0 Å². The minimum absolute atomic E-state index is 0.0386. The van der Waals surface area contributed by atoms with Crippen molar-refractivity contribution in [1.82, 2.24) is 20.0 Å². The predicted molar refractivity (Wildman–Crippen MR) is 102 cm³/mol. The molecule has 1 aliphatic heterocycles. The van der Waals surface area contributed by atoms with Crippen LogP contribution in [-0.4, -0.2) is 98.6 Å². The monoisotopic (exact) mass is 368 g/mol. The third-order valence-corrected chi connectivity index (χ3v) is 5.78. The Morgan fingerprint density at radius 3 is 2.42 bits per heavy atom. The van der Waals surface area contributed by atoms with Crippen LogP contribution in [0.1, 0.15) is 39.0 Å². The van der Waals surface area contributed by atoms with Crippen molar-refractivity contribution in [2.75, 3.05) is 60.0 Å². The van der Waals surface area contributed by atoms with E-state index in [9.17, 15) is 9.59 Å². The zero-order chi connectivity index (χ0) is 18.9. The maximum absolute atomic E-state index is 12.8. The van der Waals surface area contributed by atoms with Gasteiger partial charge in [-0.05, 0) is 19.8 Å². The van der Waals surface area contributed by atoms with Gasteiger partial charge in [-0.3, -0.25) is 19.4 Å². The molecule has 1 heterocycles. The SMILES string of the molecule is COCCNC(=O)CN1CCN(C(C)C(=O)N(C)C2CCCCC2)CC1. The van der Waals surface area contributed by atoms with E-state index in [1.165, 1.54) is 19.3 Å². The average molecular weight is 369 g/mol. The fourth-order valence-corrected chi connectivity index (χ4v) is 3.96. The van der Waals surface area contributed by atoms with Gasteiger partial charge in [0, 0.05) is 52.9 Å². The number of ether oxygens (including phenoxy) is 1. The Labute approximate surface area is 158 Å². The maximum atomic E-state index is 12.8. The Morgan fingerprint density at radius 2 is 1.81 bits per heavy atom. The fraction of sp³-hybridized carbons (Fsp3) is 0.895. The first-order chi connectivity index (χ1) is 12.5. The zero-order valence-electron chi connectivity index (χ0n) is 16.7. The van der Waals surface area contributed by atoms with Crippen molar-refractivity contribution in [2.45, 2.75) is 51.1 Å². The van der Waals surface area contributed by atoms with Crippen LogP contribution >= 0.6 is 0 Å². The van der Waals surface area contributed by atoms with Gasteiger partial charge in [-0.25, -0.2) is 0 Å². The Hall–Kier alpha value is -1.18. The average Bonchev–Trinajstić information content (AvgIpc) is 2.67. The van der Waals surface area contributed by atoms with Gasteiger partial charge >= 0.3 is 0 Å². The molecule has 2 rings (SSSR count). The molecule has 0 aromatic rings. The predicted octanol–water partition coefficient (Wildman–Crippen LogP) is 0.546. The van der Waals surface area contributed by atoms with Gasteiger partial charge < -0.3 is 15.0 Å². The van der Waals surface area contributed by atoms with E-state index in [1.807, 2.05) is 18.9 Å². The molecule has 1 unspecified atom stereocenters. The molecular formula is C19H36N4O3.